The van der Waals surface area contributed by atoms with E-state index in [4.69, 9.17) is 14.2 Å². The van der Waals surface area contributed by atoms with Crippen LogP contribution in [0.2, 0.25) is 0 Å². The number of carbonyl (C=O) groups excluding carboxylic acids is 1. The molecule has 0 saturated heterocycles. The molecule has 2 rings (SSSR count). The first-order valence-electron chi connectivity index (χ1n) is 7.98. The van der Waals surface area contributed by atoms with E-state index in [-0.39, 0.29) is 18.0 Å². The summed E-state index contributed by atoms with van der Waals surface area (Å²) in [5, 5.41) is 15.1. The molecule has 2 aromatic rings. The summed E-state index contributed by atoms with van der Waals surface area (Å²) in [6, 6.07) is 9.50. The average molecular weight is 452 g/mol. The van der Waals surface area contributed by atoms with E-state index < -0.39 is 10.8 Å². The maximum atomic E-state index is 12.0. The van der Waals surface area contributed by atoms with Gasteiger partial charge in [-0.1, -0.05) is 0 Å². The molecule has 28 heavy (non-hydrogen) atoms. The average Bonchev–Trinajstić information content (AvgIpc) is 2.70. The minimum absolute atomic E-state index is 0.143. The van der Waals surface area contributed by atoms with E-state index in [1.165, 1.54) is 19.2 Å². The number of hydrogen-bond acceptors (Lipinski definition) is 7. The lowest BCUT2D eigenvalue weighted by Gasteiger charge is -2.09. The Hall–Kier alpha value is -3.14. The summed E-state index contributed by atoms with van der Waals surface area (Å²) in [6.45, 7) is 1.36. The summed E-state index contributed by atoms with van der Waals surface area (Å²) < 4.78 is 16.1. The summed E-state index contributed by atoms with van der Waals surface area (Å²) in [5.74, 6) is 0.786. The minimum Gasteiger partial charge on any atom is -0.497 e. The zero-order valence-corrected chi connectivity index (χ0v) is 17.0. The number of hydrogen-bond donors (Lipinski definition) is 1. The molecule has 9 nitrogen and oxygen atoms in total. The second-order valence-electron chi connectivity index (χ2n) is 5.46. The topological polar surface area (TPSA) is 112 Å². The molecule has 0 unspecified atom stereocenters. The standard InChI is InChI=1S/C18H18BrN3O6/c1-11(12-4-6-17(27-3)15(8-12)22(24)25)20-21-18(23)10-28-16-7-5-13(26-2)9-14(16)19/h4-9H,10H2,1-3H3,(H,21,23). The Bertz CT molecular complexity index is 916. The number of amides is 1. The number of hydrazone groups is 1. The number of nitrogens with one attached hydrogen (secondary N) is 1. The highest BCUT2D eigenvalue weighted by molar-refractivity contribution is 9.10. The zero-order valence-electron chi connectivity index (χ0n) is 15.4. The number of nitro benzene ring substituents is 1. The molecule has 0 heterocycles. The normalized spacial score (nSPS) is 10.9. The van der Waals surface area contributed by atoms with Crippen molar-refractivity contribution in [2.45, 2.75) is 6.92 Å². The molecule has 0 aromatic heterocycles. The molecule has 0 aliphatic carbocycles. The number of nitrogens with zero attached hydrogens (tertiary/aromatic N) is 2. The van der Waals surface area contributed by atoms with Gasteiger partial charge in [-0.3, -0.25) is 14.9 Å². The maximum Gasteiger partial charge on any atom is 0.311 e. The molecule has 0 fully saturated rings. The first kappa shape index (κ1) is 21.2. The van der Waals surface area contributed by atoms with Crippen molar-refractivity contribution in [3.05, 3.63) is 56.5 Å². The summed E-state index contributed by atoms with van der Waals surface area (Å²) >= 11 is 3.33. The third-order valence-corrected chi connectivity index (χ3v) is 4.26. The second kappa shape index (κ2) is 9.70. The van der Waals surface area contributed by atoms with Gasteiger partial charge < -0.3 is 14.2 Å². The Kier molecular flexibility index (Phi) is 7.33. The van der Waals surface area contributed by atoms with Crippen LogP contribution in [0.25, 0.3) is 0 Å². The highest BCUT2D eigenvalue weighted by Gasteiger charge is 2.16. The third kappa shape index (κ3) is 5.43. The van der Waals surface area contributed by atoms with Crippen molar-refractivity contribution in [3.63, 3.8) is 0 Å². The van der Waals surface area contributed by atoms with Crippen molar-refractivity contribution in [1.29, 1.82) is 0 Å². The van der Waals surface area contributed by atoms with Crippen LogP contribution in [0.4, 0.5) is 5.69 Å². The molecule has 0 aliphatic rings. The Balaban J connectivity index is 2.00. The predicted molar refractivity (Wildman–Crippen MR) is 106 cm³/mol. The van der Waals surface area contributed by atoms with Crippen molar-refractivity contribution >= 4 is 33.2 Å². The predicted octanol–water partition coefficient (Wildman–Crippen LogP) is 3.29. The number of ether oxygens (including phenoxy) is 3. The summed E-state index contributed by atoms with van der Waals surface area (Å²) in [4.78, 5) is 22.5. The Morgan fingerprint density at radius 2 is 1.89 bits per heavy atom. The largest absolute Gasteiger partial charge is 0.497 e. The fourth-order valence-corrected chi connectivity index (χ4v) is 2.64. The van der Waals surface area contributed by atoms with Crippen molar-refractivity contribution in [2.75, 3.05) is 20.8 Å². The Labute approximate surface area is 169 Å². The van der Waals surface area contributed by atoms with Gasteiger partial charge in [0.15, 0.2) is 12.4 Å². The van der Waals surface area contributed by atoms with Crippen molar-refractivity contribution < 1.29 is 23.9 Å². The second-order valence-corrected chi connectivity index (χ2v) is 6.32. The van der Waals surface area contributed by atoms with Crippen LogP contribution in [0.15, 0.2) is 46.0 Å². The fourth-order valence-electron chi connectivity index (χ4n) is 2.17. The fraction of sp³-hybridized carbons (Fsp3) is 0.222. The van der Waals surface area contributed by atoms with Crippen LogP contribution in [0.1, 0.15) is 12.5 Å². The highest BCUT2D eigenvalue weighted by Crippen LogP contribution is 2.29. The molecule has 0 bridgehead atoms. The lowest BCUT2D eigenvalue weighted by Crippen LogP contribution is -2.25. The molecule has 1 N–H and O–H groups in total. The molecule has 0 radical (unpaired) electrons. The monoisotopic (exact) mass is 451 g/mol. The Morgan fingerprint density at radius 1 is 1.18 bits per heavy atom. The van der Waals surface area contributed by atoms with Crippen LogP contribution in [-0.4, -0.2) is 37.4 Å². The number of benzene rings is 2. The molecule has 2 aromatic carbocycles. The zero-order chi connectivity index (χ0) is 20.7. The van der Waals surface area contributed by atoms with Crippen LogP contribution in [-0.2, 0) is 4.79 Å². The lowest BCUT2D eigenvalue weighted by molar-refractivity contribution is -0.385. The van der Waals surface area contributed by atoms with E-state index >= 15 is 0 Å². The SMILES string of the molecule is COc1ccc(OCC(=O)NN=C(C)c2ccc(OC)c([N+](=O)[O-])c2)c(Br)c1. The molecule has 148 valence electrons. The van der Waals surface area contributed by atoms with Gasteiger partial charge >= 0.3 is 5.69 Å². The molecule has 1 amide bonds. The molecular formula is C18H18BrN3O6. The summed E-state index contributed by atoms with van der Waals surface area (Å²) in [5.41, 5.74) is 3.04. The molecule has 10 heteroatoms. The third-order valence-electron chi connectivity index (χ3n) is 3.64. The first-order valence-corrected chi connectivity index (χ1v) is 8.77. The molecule has 0 aliphatic heterocycles. The van der Waals surface area contributed by atoms with Crippen LogP contribution >= 0.6 is 15.9 Å². The van der Waals surface area contributed by atoms with Crippen LogP contribution < -0.4 is 19.6 Å². The van der Waals surface area contributed by atoms with Gasteiger partial charge in [-0.05, 0) is 53.2 Å². The van der Waals surface area contributed by atoms with Gasteiger partial charge in [0.25, 0.3) is 5.91 Å². The van der Waals surface area contributed by atoms with Gasteiger partial charge in [-0.2, -0.15) is 5.10 Å². The lowest BCUT2D eigenvalue weighted by atomic mass is 10.1. The van der Waals surface area contributed by atoms with E-state index in [0.717, 1.165) is 0 Å². The van der Waals surface area contributed by atoms with Crippen LogP contribution in [0.5, 0.6) is 17.2 Å². The smallest absolute Gasteiger partial charge is 0.311 e. The number of methoxy groups -OCH3 is 2. The first-order chi connectivity index (χ1) is 13.3. The van der Waals surface area contributed by atoms with Gasteiger partial charge in [0.05, 0.1) is 29.3 Å². The van der Waals surface area contributed by atoms with Crippen LogP contribution in [0, 0.1) is 10.1 Å². The molecule has 0 saturated carbocycles. The van der Waals surface area contributed by atoms with Crippen molar-refractivity contribution in [3.8, 4) is 17.2 Å². The van der Waals surface area contributed by atoms with Crippen molar-refractivity contribution in [1.82, 2.24) is 5.43 Å². The van der Waals surface area contributed by atoms with E-state index in [9.17, 15) is 14.9 Å². The van der Waals surface area contributed by atoms with Gasteiger partial charge in [-0.15, -0.1) is 0 Å². The van der Waals surface area contributed by atoms with Gasteiger partial charge in [-0.25, -0.2) is 5.43 Å². The van der Waals surface area contributed by atoms with Crippen LogP contribution in [0.3, 0.4) is 0 Å². The number of nitro groups is 1. The quantitative estimate of drug-likeness (QED) is 0.374. The molecule has 0 spiro atoms. The molecule has 0 atom stereocenters. The number of rotatable bonds is 8. The van der Waals surface area contributed by atoms with Gasteiger partial charge in [0.2, 0.25) is 0 Å². The minimum atomic E-state index is -0.547. The number of carbonyl (C=O) groups is 1. The van der Waals surface area contributed by atoms with E-state index in [0.29, 0.717) is 27.2 Å². The summed E-state index contributed by atoms with van der Waals surface area (Å²) in [6.07, 6.45) is 0. The summed E-state index contributed by atoms with van der Waals surface area (Å²) in [7, 11) is 2.90. The van der Waals surface area contributed by atoms with Crippen molar-refractivity contribution in [2.24, 2.45) is 5.10 Å². The van der Waals surface area contributed by atoms with Gasteiger partial charge in [0.1, 0.15) is 11.5 Å². The molecular weight excluding hydrogens is 434 g/mol. The van der Waals surface area contributed by atoms with E-state index in [1.807, 2.05) is 0 Å². The Morgan fingerprint density at radius 3 is 2.50 bits per heavy atom. The number of halogens is 1. The highest BCUT2D eigenvalue weighted by atomic mass is 79.9. The maximum absolute atomic E-state index is 12.0. The van der Waals surface area contributed by atoms with Gasteiger partial charge in [0, 0.05) is 11.6 Å². The van der Waals surface area contributed by atoms with E-state index in [2.05, 4.69) is 26.5 Å². The van der Waals surface area contributed by atoms with E-state index in [1.54, 1.807) is 38.3 Å².